The fraction of sp³-hybridized carbons (Fsp3) is 0.182. The van der Waals surface area contributed by atoms with Gasteiger partial charge in [-0.1, -0.05) is 48.5 Å². The van der Waals surface area contributed by atoms with Gasteiger partial charge in [-0.3, -0.25) is 19.7 Å². The summed E-state index contributed by atoms with van der Waals surface area (Å²) in [6.07, 6.45) is -1.13. The highest BCUT2D eigenvalue weighted by Gasteiger charge is 2.26. The molecule has 1 heterocycles. The molecular formula is C22H21N3O4S. The van der Waals surface area contributed by atoms with Crippen LogP contribution < -0.4 is 5.32 Å². The molecule has 0 spiro atoms. The van der Waals surface area contributed by atoms with Gasteiger partial charge >= 0.3 is 5.97 Å². The number of anilines is 1. The summed E-state index contributed by atoms with van der Waals surface area (Å²) in [6, 6.07) is 17.6. The van der Waals surface area contributed by atoms with Gasteiger partial charge in [-0.25, -0.2) is 4.98 Å². The molecule has 0 saturated carbocycles. The van der Waals surface area contributed by atoms with Crippen molar-refractivity contribution in [2.45, 2.75) is 12.5 Å². The van der Waals surface area contributed by atoms with Crippen molar-refractivity contribution >= 4 is 34.3 Å². The quantitative estimate of drug-likeness (QED) is 0.589. The molecule has 0 bridgehead atoms. The van der Waals surface area contributed by atoms with Crippen LogP contribution in [0.25, 0.3) is 0 Å². The summed E-state index contributed by atoms with van der Waals surface area (Å²) in [5.74, 6) is -1.19. The second-order valence-corrected chi connectivity index (χ2v) is 7.51. The van der Waals surface area contributed by atoms with E-state index in [0.29, 0.717) is 22.0 Å². The summed E-state index contributed by atoms with van der Waals surface area (Å²) in [6.45, 7) is 0. The van der Waals surface area contributed by atoms with Crippen LogP contribution >= 0.6 is 11.3 Å². The van der Waals surface area contributed by atoms with Crippen LogP contribution in [0.15, 0.2) is 66.0 Å². The van der Waals surface area contributed by atoms with Gasteiger partial charge in [0.2, 0.25) is 6.10 Å². The molecule has 1 N–H and O–H groups in total. The maximum absolute atomic E-state index is 12.5. The zero-order valence-electron chi connectivity index (χ0n) is 16.6. The van der Waals surface area contributed by atoms with E-state index in [9.17, 15) is 14.4 Å². The van der Waals surface area contributed by atoms with Crippen molar-refractivity contribution in [2.75, 3.05) is 19.4 Å². The third-order valence-corrected chi connectivity index (χ3v) is 4.96. The summed E-state index contributed by atoms with van der Waals surface area (Å²) >= 11 is 1.21. The van der Waals surface area contributed by atoms with Crippen LogP contribution in [-0.2, 0) is 20.7 Å². The number of amides is 2. The Morgan fingerprint density at radius 1 is 1.03 bits per heavy atom. The minimum Gasteiger partial charge on any atom is -0.447 e. The molecule has 1 atom stereocenters. The Hall–Kier alpha value is -3.52. The number of aromatic nitrogens is 1. The minimum absolute atomic E-state index is 0.109. The summed E-state index contributed by atoms with van der Waals surface area (Å²) < 4.78 is 5.47. The molecule has 3 rings (SSSR count). The SMILES string of the molecule is CN(C)C(=O)[C@@H](OC(=O)Cc1csc(NC(=O)c2ccccc2)n1)c1ccccc1. The van der Waals surface area contributed by atoms with Gasteiger partial charge in [-0.05, 0) is 12.1 Å². The molecule has 2 aromatic carbocycles. The standard InChI is InChI=1S/C22H21N3O4S/c1-25(2)21(28)19(15-9-5-3-6-10-15)29-18(26)13-17-14-30-22(23-17)24-20(27)16-11-7-4-8-12-16/h3-12,14,19H,13H2,1-2H3,(H,23,24,27)/t19-/m0/s1. The summed E-state index contributed by atoms with van der Waals surface area (Å²) in [4.78, 5) is 42.8. The number of carbonyl (C=O) groups excluding carboxylic acids is 3. The van der Waals surface area contributed by atoms with E-state index in [2.05, 4.69) is 10.3 Å². The van der Waals surface area contributed by atoms with Crippen LogP contribution in [0.1, 0.15) is 27.7 Å². The van der Waals surface area contributed by atoms with Crippen molar-refractivity contribution in [3.05, 3.63) is 82.9 Å². The van der Waals surface area contributed by atoms with Crippen LogP contribution in [0.5, 0.6) is 0 Å². The van der Waals surface area contributed by atoms with Crippen molar-refractivity contribution in [1.29, 1.82) is 0 Å². The molecular weight excluding hydrogens is 402 g/mol. The molecule has 0 aliphatic carbocycles. The lowest BCUT2D eigenvalue weighted by atomic mass is 10.1. The van der Waals surface area contributed by atoms with Crippen LogP contribution in [0.3, 0.4) is 0 Å². The van der Waals surface area contributed by atoms with Crippen LogP contribution in [0.2, 0.25) is 0 Å². The van der Waals surface area contributed by atoms with E-state index >= 15 is 0 Å². The first kappa shape index (κ1) is 21.2. The molecule has 7 nitrogen and oxygen atoms in total. The Morgan fingerprint density at radius 3 is 2.30 bits per heavy atom. The number of rotatable bonds is 7. The van der Waals surface area contributed by atoms with Crippen molar-refractivity contribution < 1.29 is 19.1 Å². The second-order valence-electron chi connectivity index (χ2n) is 6.65. The zero-order chi connectivity index (χ0) is 21.5. The van der Waals surface area contributed by atoms with E-state index in [-0.39, 0.29) is 18.2 Å². The highest BCUT2D eigenvalue weighted by molar-refractivity contribution is 7.14. The molecule has 2 amide bonds. The molecule has 0 saturated heterocycles. The van der Waals surface area contributed by atoms with Crippen molar-refractivity contribution in [3.63, 3.8) is 0 Å². The van der Waals surface area contributed by atoms with Gasteiger partial charge in [0.1, 0.15) is 0 Å². The smallest absolute Gasteiger partial charge is 0.313 e. The number of thiazole rings is 1. The van der Waals surface area contributed by atoms with E-state index in [0.717, 1.165) is 0 Å². The monoisotopic (exact) mass is 423 g/mol. The van der Waals surface area contributed by atoms with E-state index in [1.807, 2.05) is 12.1 Å². The van der Waals surface area contributed by atoms with Crippen molar-refractivity contribution in [2.24, 2.45) is 0 Å². The van der Waals surface area contributed by atoms with Crippen LogP contribution in [0.4, 0.5) is 5.13 Å². The van der Waals surface area contributed by atoms with Crippen LogP contribution in [-0.4, -0.2) is 41.8 Å². The predicted octanol–water partition coefficient (Wildman–Crippen LogP) is 3.31. The zero-order valence-corrected chi connectivity index (χ0v) is 17.4. The first-order valence-corrected chi connectivity index (χ1v) is 10.1. The Morgan fingerprint density at radius 2 is 1.67 bits per heavy atom. The van der Waals surface area contributed by atoms with Gasteiger partial charge in [-0.2, -0.15) is 0 Å². The molecule has 1 aromatic heterocycles. The van der Waals surface area contributed by atoms with Gasteiger partial charge in [0.05, 0.1) is 12.1 Å². The number of carbonyl (C=O) groups is 3. The number of hydrogen-bond donors (Lipinski definition) is 1. The Bertz CT molecular complexity index is 1020. The number of esters is 1. The molecule has 0 aliphatic rings. The summed E-state index contributed by atoms with van der Waals surface area (Å²) in [7, 11) is 3.21. The van der Waals surface area contributed by atoms with Gasteiger partial charge in [-0.15, -0.1) is 11.3 Å². The Labute approximate surface area is 178 Å². The number of hydrogen-bond acceptors (Lipinski definition) is 6. The normalized spacial score (nSPS) is 11.4. The van der Waals surface area contributed by atoms with Gasteiger partial charge in [0, 0.05) is 30.6 Å². The first-order chi connectivity index (χ1) is 14.4. The number of ether oxygens (including phenoxy) is 1. The molecule has 30 heavy (non-hydrogen) atoms. The number of nitrogens with one attached hydrogen (secondary N) is 1. The third kappa shape index (κ3) is 5.51. The van der Waals surface area contributed by atoms with Crippen LogP contribution in [0, 0.1) is 0 Å². The summed E-state index contributed by atoms with van der Waals surface area (Å²) in [5.41, 5.74) is 1.57. The molecule has 3 aromatic rings. The summed E-state index contributed by atoms with van der Waals surface area (Å²) in [5, 5.41) is 4.77. The fourth-order valence-electron chi connectivity index (χ4n) is 2.65. The maximum Gasteiger partial charge on any atom is 0.313 e. The third-order valence-electron chi connectivity index (χ3n) is 4.15. The fourth-order valence-corrected chi connectivity index (χ4v) is 3.35. The van der Waals surface area contributed by atoms with E-state index < -0.39 is 12.1 Å². The second kappa shape index (κ2) is 9.80. The number of benzene rings is 2. The lowest BCUT2D eigenvalue weighted by molar-refractivity contribution is -0.159. The predicted molar refractivity (Wildman–Crippen MR) is 114 cm³/mol. The minimum atomic E-state index is -1.02. The van der Waals surface area contributed by atoms with E-state index in [4.69, 9.17) is 4.74 Å². The van der Waals surface area contributed by atoms with Crippen molar-refractivity contribution in [1.82, 2.24) is 9.88 Å². The molecule has 0 fully saturated rings. The highest BCUT2D eigenvalue weighted by Crippen LogP contribution is 2.22. The lowest BCUT2D eigenvalue weighted by Gasteiger charge is -2.21. The molecule has 154 valence electrons. The van der Waals surface area contributed by atoms with E-state index in [1.165, 1.54) is 16.2 Å². The molecule has 8 heteroatoms. The molecule has 0 radical (unpaired) electrons. The number of nitrogens with zero attached hydrogens (tertiary/aromatic N) is 2. The largest absolute Gasteiger partial charge is 0.447 e. The first-order valence-electron chi connectivity index (χ1n) is 9.20. The van der Waals surface area contributed by atoms with E-state index in [1.54, 1.807) is 68.0 Å². The van der Waals surface area contributed by atoms with Gasteiger partial charge in [0.15, 0.2) is 5.13 Å². The molecule has 0 aliphatic heterocycles. The molecule has 0 unspecified atom stereocenters. The average molecular weight is 423 g/mol. The van der Waals surface area contributed by atoms with Crippen molar-refractivity contribution in [3.8, 4) is 0 Å². The Kier molecular flexibility index (Phi) is 6.92. The maximum atomic E-state index is 12.5. The highest BCUT2D eigenvalue weighted by atomic mass is 32.1. The Balaban J connectivity index is 1.64. The van der Waals surface area contributed by atoms with Gasteiger partial charge < -0.3 is 9.64 Å². The lowest BCUT2D eigenvalue weighted by Crippen LogP contribution is -2.31. The average Bonchev–Trinajstić information content (AvgIpc) is 3.19. The van der Waals surface area contributed by atoms with Gasteiger partial charge in [0.25, 0.3) is 11.8 Å². The topological polar surface area (TPSA) is 88.6 Å². The number of likely N-dealkylation sites (N-methyl/N-ethyl adjacent to an activating group) is 1.